The molecule has 2 amide bonds. The number of likely N-dealkylation sites (tertiary alicyclic amines) is 1. The molecule has 130 valence electrons. The Kier molecular flexibility index (Phi) is 5.14. The fourth-order valence-electron chi connectivity index (χ4n) is 3.82. The zero-order valence-electron chi connectivity index (χ0n) is 13.8. The van der Waals surface area contributed by atoms with E-state index >= 15 is 0 Å². The van der Waals surface area contributed by atoms with Crippen molar-refractivity contribution in [3.05, 3.63) is 29.6 Å². The summed E-state index contributed by atoms with van der Waals surface area (Å²) >= 11 is 0. The van der Waals surface area contributed by atoms with E-state index < -0.39 is 11.7 Å². The van der Waals surface area contributed by atoms with Gasteiger partial charge in [-0.05, 0) is 44.0 Å². The van der Waals surface area contributed by atoms with Gasteiger partial charge in [-0.15, -0.1) is 0 Å². The van der Waals surface area contributed by atoms with Crippen molar-refractivity contribution < 1.29 is 14.0 Å². The number of rotatable bonds is 4. The third-order valence-electron chi connectivity index (χ3n) is 5.18. The molecule has 1 aliphatic carbocycles. The first kappa shape index (κ1) is 16.9. The van der Waals surface area contributed by atoms with Crippen molar-refractivity contribution in [2.45, 2.75) is 44.6 Å². The Morgan fingerprint density at radius 2 is 1.92 bits per heavy atom. The average Bonchev–Trinajstić information content (AvgIpc) is 3.07. The second kappa shape index (κ2) is 7.30. The lowest BCUT2D eigenvalue weighted by Gasteiger charge is -2.30. The topological polar surface area (TPSA) is 75.4 Å². The van der Waals surface area contributed by atoms with Crippen LogP contribution in [0.3, 0.4) is 0 Å². The minimum atomic E-state index is -0.840. The molecule has 24 heavy (non-hydrogen) atoms. The van der Waals surface area contributed by atoms with Crippen LogP contribution in [0.5, 0.6) is 0 Å². The van der Waals surface area contributed by atoms with Gasteiger partial charge in [-0.25, -0.2) is 4.39 Å². The second-order valence-corrected chi connectivity index (χ2v) is 6.82. The summed E-state index contributed by atoms with van der Waals surface area (Å²) in [5, 5.41) is 2.79. The lowest BCUT2D eigenvalue weighted by atomic mass is 9.94. The molecule has 3 N–H and O–H groups in total. The smallest absolute Gasteiger partial charge is 0.251 e. The first-order valence-electron chi connectivity index (χ1n) is 8.69. The van der Waals surface area contributed by atoms with Crippen LogP contribution in [0.4, 0.5) is 10.1 Å². The van der Waals surface area contributed by atoms with Gasteiger partial charge in [0.15, 0.2) is 0 Å². The van der Waals surface area contributed by atoms with E-state index in [-0.39, 0.29) is 17.4 Å². The van der Waals surface area contributed by atoms with Crippen molar-refractivity contribution in [2.24, 2.45) is 11.7 Å². The summed E-state index contributed by atoms with van der Waals surface area (Å²) in [6.07, 6.45) is 7.18. The van der Waals surface area contributed by atoms with Gasteiger partial charge in [0.1, 0.15) is 5.82 Å². The first-order valence-corrected chi connectivity index (χ1v) is 8.69. The zero-order chi connectivity index (χ0) is 17.1. The van der Waals surface area contributed by atoms with Gasteiger partial charge in [0.05, 0.1) is 11.5 Å². The summed E-state index contributed by atoms with van der Waals surface area (Å²) in [6, 6.07) is 4.51. The summed E-state index contributed by atoms with van der Waals surface area (Å²) in [7, 11) is 0. The van der Waals surface area contributed by atoms with Crippen molar-refractivity contribution >= 4 is 17.5 Å². The maximum atomic E-state index is 13.5. The van der Waals surface area contributed by atoms with Crippen molar-refractivity contribution in [2.75, 3.05) is 18.4 Å². The van der Waals surface area contributed by atoms with Gasteiger partial charge in [0, 0.05) is 18.3 Å². The van der Waals surface area contributed by atoms with Crippen LogP contribution in [0, 0.1) is 11.7 Å². The molecule has 0 unspecified atom stereocenters. The molecule has 0 aromatic heterocycles. The summed E-state index contributed by atoms with van der Waals surface area (Å²) in [4.78, 5) is 26.1. The van der Waals surface area contributed by atoms with Crippen LogP contribution in [0.15, 0.2) is 18.2 Å². The summed E-state index contributed by atoms with van der Waals surface area (Å²) in [6.45, 7) is 1.74. The molecule has 0 bridgehead atoms. The molecule has 1 saturated heterocycles. The SMILES string of the molecule is NC(=O)c1cc(NC(=O)[C@H]2CCN(C3CCCCC3)C2)ccc1F. The number of hydrogen-bond acceptors (Lipinski definition) is 3. The number of carbonyl (C=O) groups excluding carboxylic acids is 2. The number of benzene rings is 1. The van der Waals surface area contributed by atoms with Crippen molar-refractivity contribution in [1.82, 2.24) is 4.90 Å². The van der Waals surface area contributed by atoms with E-state index in [1.807, 2.05) is 0 Å². The highest BCUT2D eigenvalue weighted by Gasteiger charge is 2.32. The molecular weight excluding hydrogens is 309 g/mol. The summed E-state index contributed by atoms with van der Waals surface area (Å²) in [5.41, 5.74) is 5.34. The Morgan fingerprint density at radius 3 is 2.62 bits per heavy atom. The van der Waals surface area contributed by atoms with Gasteiger partial charge in [-0.1, -0.05) is 19.3 Å². The third-order valence-corrected chi connectivity index (χ3v) is 5.18. The van der Waals surface area contributed by atoms with Gasteiger partial charge < -0.3 is 11.1 Å². The molecule has 5 nitrogen and oxygen atoms in total. The molecule has 1 atom stereocenters. The van der Waals surface area contributed by atoms with E-state index in [2.05, 4.69) is 10.2 Å². The largest absolute Gasteiger partial charge is 0.366 e. The number of nitrogens with zero attached hydrogens (tertiary/aromatic N) is 1. The van der Waals surface area contributed by atoms with E-state index in [4.69, 9.17) is 5.73 Å². The van der Waals surface area contributed by atoms with Crippen molar-refractivity contribution in [3.8, 4) is 0 Å². The number of carbonyl (C=O) groups is 2. The predicted molar refractivity (Wildman–Crippen MR) is 90.1 cm³/mol. The Hall–Kier alpha value is -1.95. The number of primary amides is 1. The summed E-state index contributed by atoms with van der Waals surface area (Å²) < 4.78 is 13.5. The van der Waals surface area contributed by atoms with Crippen molar-refractivity contribution in [1.29, 1.82) is 0 Å². The molecule has 1 saturated carbocycles. The molecule has 0 radical (unpaired) electrons. The first-order chi connectivity index (χ1) is 11.5. The lowest BCUT2D eigenvalue weighted by Crippen LogP contribution is -2.36. The van der Waals surface area contributed by atoms with Gasteiger partial charge in [-0.2, -0.15) is 0 Å². The number of nitrogens with two attached hydrogens (primary N) is 1. The van der Waals surface area contributed by atoms with Gasteiger partial charge in [0.25, 0.3) is 5.91 Å². The zero-order valence-corrected chi connectivity index (χ0v) is 13.8. The normalized spacial score (nSPS) is 22.5. The minimum absolute atomic E-state index is 0.0611. The van der Waals surface area contributed by atoms with Gasteiger partial charge >= 0.3 is 0 Å². The second-order valence-electron chi connectivity index (χ2n) is 6.82. The summed E-state index contributed by atoms with van der Waals surface area (Å²) in [5.74, 6) is -1.65. The predicted octanol–water partition coefficient (Wildman–Crippen LogP) is 2.52. The Bertz CT molecular complexity index is 629. The molecule has 1 heterocycles. The standard InChI is InChI=1S/C18H24FN3O2/c19-16-7-6-13(10-15(16)17(20)23)21-18(24)12-8-9-22(11-12)14-4-2-1-3-5-14/h6-7,10,12,14H,1-5,8-9,11H2,(H2,20,23)(H,21,24)/t12-/m0/s1. The molecular formula is C18H24FN3O2. The molecule has 3 rings (SSSR count). The van der Waals surface area contributed by atoms with E-state index in [1.54, 1.807) is 0 Å². The van der Waals surface area contributed by atoms with E-state index in [0.717, 1.165) is 25.6 Å². The monoisotopic (exact) mass is 333 g/mol. The Labute approximate surface area is 141 Å². The van der Waals surface area contributed by atoms with E-state index in [9.17, 15) is 14.0 Å². The quantitative estimate of drug-likeness (QED) is 0.889. The molecule has 1 aliphatic heterocycles. The molecule has 2 aliphatic rings. The molecule has 2 fully saturated rings. The highest BCUT2D eigenvalue weighted by atomic mass is 19.1. The van der Waals surface area contributed by atoms with Crippen molar-refractivity contribution in [3.63, 3.8) is 0 Å². The molecule has 1 aromatic rings. The minimum Gasteiger partial charge on any atom is -0.366 e. The van der Waals surface area contributed by atoms with Crippen LogP contribution in [-0.4, -0.2) is 35.8 Å². The highest BCUT2D eigenvalue weighted by Crippen LogP contribution is 2.28. The Morgan fingerprint density at radius 1 is 1.17 bits per heavy atom. The van der Waals surface area contributed by atoms with Crippen LogP contribution >= 0.6 is 0 Å². The molecule has 0 spiro atoms. The maximum Gasteiger partial charge on any atom is 0.251 e. The highest BCUT2D eigenvalue weighted by molar-refractivity contribution is 5.97. The van der Waals surface area contributed by atoms with Gasteiger partial charge in [0.2, 0.25) is 5.91 Å². The number of halogens is 1. The van der Waals surface area contributed by atoms with Crippen LogP contribution < -0.4 is 11.1 Å². The number of hydrogen-bond donors (Lipinski definition) is 2. The molecule has 6 heteroatoms. The lowest BCUT2D eigenvalue weighted by molar-refractivity contribution is -0.119. The molecule has 1 aromatic carbocycles. The van der Waals surface area contributed by atoms with Crippen LogP contribution in [0.2, 0.25) is 0 Å². The fraction of sp³-hybridized carbons (Fsp3) is 0.556. The van der Waals surface area contributed by atoms with Gasteiger partial charge in [-0.3, -0.25) is 14.5 Å². The van der Waals surface area contributed by atoms with Crippen LogP contribution in [-0.2, 0) is 4.79 Å². The van der Waals surface area contributed by atoms with Crippen LogP contribution in [0.1, 0.15) is 48.9 Å². The van der Waals surface area contributed by atoms with Crippen LogP contribution in [0.25, 0.3) is 0 Å². The third kappa shape index (κ3) is 3.75. The number of amides is 2. The maximum absolute atomic E-state index is 13.5. The number of anilines is 1. The van der Waals surface area contributed by atoms with E-state index in [0.29, 0.717) is 11.7 Å². The number of nitrogens with one attached hydrogen (secondary N) is 1. The fourth-order valence-corrected chi connectivity index (χ4v) is 3.82. The average molecular weight is 333 g/mol. The Balaban J connectivity index is 1.59. The van der Waals surface area contributed by atoms with E-state index in [1.165, 1.54) is 44.2 Å².